The molecule has 1 heterocycles. The lowest BCUT2D eigenvalue weighted by molar-refractivity contribution is -0.140. The van der Waals surface area contributed by atoms with Crippen LogP contribution in [0, 0.1) is 0 Å². The van der Waals surface area contributed by atoms with Crippen LogP contribution in [0.3, 0.4) is 0 Å². The normalized spacial score (nSPS) is 16.9. The molecule has 0 saturated carbocycles. The first kappa shape index (κ1) is 22.7. The van der Waals surface area contributed by atoms with Crippen LogP contribution in [0.4, 0.5) is 16.2 Å². The molecule has 3 rings (SSSR count). The van der Waals surface area contributed by atoms with Gasteiger partial charge < -0.3 is 20.3 Å². The maximum Gasteiger partial charge on any atom is 0.323 e. The Balaban J connectivity index is 1.74. The largest absolute Gasteiger partial charge is 0.480 e. The van der Waals surface area contributed by atoms with Crippen LogP contribution in [0.5, 0.6) is 5.75 Å². The average molecular weight is 424 g/mol. The fourth-order valence-electron chi connectivity index (χ4n) is 3.64. The van der Waals surface area contributed by atoms with Gasteiger partial charge in [-0.05, 0) is 61.6 Å². The van der Waals surface area contributed by atoms with Crippen LogP contribution in [0.25, 0.3) is 0 Å². The summed E-state index contributed by atoms with van der Waals surface area (Å²) in [6, 6.07) is 13.2. The Bertz CT molecular complexity index is 924. The average Bonchev–Trinajstić information content (AvgIpc) is 2.89. The van der Waals surface area contributed by atoms with Crippen LogP contribution in [0.2, 0.25) is 0 Å². The molecular weight excluding hydrogens is 390 g/mol. The molecule has 6 heteroatoms. The second-order valence-electron chi connectivity index (χ2n) is 8.42. The molecule has 1 aliphatic rings. The van der Waals surface area contributed by atoms with E-state index in [4.69, 9.17) is 4.74 Å². The van der Waals surface area contributed by atoms with Crippen molar-refractivity contribution in [2.24, 2.45) is 0 Å². The van der Waals surface area contributed by atoms with Crippen LogP contribution in [-0.2, 0) is 11.3 Å². The quantitative estimate of drug-likeness (QED) is 0.621. The third kappa shape index (κ3) is 5.37. The number of amides is 3. The van der Waals surface area contributed by atoms with Crippen molar-refractivity contribution in [3.8, 4) is 5.75 Å². The smallest absolute Gasteiger partial charge is 0.323 e. The summed E-state index contributed by atoms with van der Waals surface area (Å²) in [5, 5.41) is 5.75. The number of urea groups is 1. The molecule has 0 unspecified atom stereocenters. The minimum atomic E-state index is -0.480. The minimum Gasteiger partial charge on any atom is -0.480 e. The van der Waals surface area contributed by atoms with Gasteiger partial charge in [0, 0.05) is 29.5 Å². The van der Waals surface area contributed by atoms with Crippen molar-refractivity contribution in [2.75, 3.05) is 10.6 Å². The molecule has 0 fully saturated rings. The van der Waals surface area contributed by atoms with Gasteiger partial charge in [-0.1, -0.05) is 39.8 Å². The highest BCUT2D eigenvalue weighted by Crippen LogP contribution is 2.30. The second-order valence-corrected chi connectivity index (χ2v) is 8.42. The lowest BCUT2D eigenvalue weighted by atomic mass is 10.0. The molecule has 2 aromatic rings. The number of rotatable bonds is 6. The van der Waals surface area contributed by atoms with Gasteiger partial charge in [0.25, 0.3) is 5.91 Å². The van der Waals surface area contributed by atoms with Crippen molar-refractivity contribution in [3.05, 3.63) is 53.6 Å². The zero-order valence-corrected chi connectivity index (χ0v) is 19.1. The molecule has 2 atom stereocenters. The van der Waals surface area contributed by atoms with E-state index >= 15 is 0 Å². The number of nitrogens with zero attached hydrogens (tertiary/aromatic N) is 1. The minimum absolute atomic E-state index is 0.0187. The standard InChI is InChI=1S/C25H33N3O3/c1-6-17(5)28-15-19-14-21(12-13-23(19)31-22(7-2)24(28)29)27-25(30)26-20-10-8-18(9-11-20)16(3)4/h8-14,16-17,22H,6-7,15H2,1-5H3,(H2,26,27,30)/t17-,22+/m0/s1. The van der Waals surface area contributed by atoms with Crippen LogP contribution in [0.15, 0.2) is 42.5 Å². The molecule has 0 aromatic heterocycles. The van der Waals surface area contributed by atoms with E-state index in [0.717, 1.165) is 17.7 Å². The topological polar surface area (TPSA) is 70.7 Å². The number of carbonyl (C=O) groups excluding carboxylic acids is 2. The first-order chi connectivity index (χ1) is 14.8. The SMILES string of the molecule is CC[C@H]1Oc2ccc(NC(=O)Nc3ccc(C(C)C)cc3)cc2CN([C@@H](C)CC)C1=O. The van der Waals surface area contributed by atoms with Gasteiger partial charge in [0.15, 0.2) is 6.10 Å². The summed E-state index contributed by atoms with van der Waals surface area (Å²) < 4.78 is 6.01. The Hall–Kier alpha value is -3.02. The Morgan fingerprint density at radius 3 is 2.32 bits per heavy atom. The van der Waals surface area contributed by atoms with Crippen LogP contribution >= 0.6 is 0 Å². The number of hydrogen-bond acceptors (Lipinski definition) is 3. The number of carbonyl (C=O) groups is 2. The summed E-state index contributed by atoms with van der Waals surface area (Å²) in [5.74, 6) is 1.16. The Morgan fingerprint density at radius 1 is 1.06 bits per heavy atom. The van der Waals surface area contributed by atoms with Crippen molar-refractivity contribution in [3.63, 3.8) is 0 Å². The first-order valence-electron chi connectivity index (χ1n) is 11.1. The van der Waals surface area contributed by atoms with Gasteiger partial charge in [-0.15, -0.1) is 0 Å². The van der Waals surface area contributed by atoms with E-state index < -0.39 is 6.10 Å². The van der Waals surface area contributed by atoms with Crippen molar-refractivity contribution >= 4 is 23.3 Å². The summed E-state index contributed by atoms with van der Waals surface area (Å²) in [6.45, 7) is 10.8. The molecule has 0 aliphatic carbocycles. The predicted octanol–water partition coefficient (Wildman–Crippen LogP) is 5.75. The third-order valence-corrected chi connectivity index (χ3v) is 5.82. The molecule has 0 bridgehead atoms. The molecule has 0 radical (unpaired) electrons. The summed E-state index contributed by atoms with van der Waals surface area (Å²) in [5.41, 5.74) is 3.51. The van der Waals surface area contributed by atoms with Gasteiger partial charge in [-0.3, -0.25) is 4.79 Å². The van der Waals surface area contributed by atoms with Gasteiger partial charge in [0.1, 0.15) is 5.75 Å². The van der Waals surface area contributed by atoms with Gasteiger partial charge in [-0.25, -0.2) is 4.79 Å². The van der Waals surface area contributed by atoms with E-state index in [1.54, 1.807) is 6.07 Å². The molecule has 2 N–H and O–H groups in total. The van der Waals surface area contributed by atoms with E-state index in [-0.39, 0.29) is 18.0 Å². The van der Waals surface area contributed by atoms with E-state index in [1.807, 2.05) is 48.2 Å². The van der Waals surface area contributed by atoms with Crippen molar-refractivity contribution in [1.29, 1.82) is 0 Å². The van der Waals surface area contributed by atoms with Crippen LogP contribution in [0.1, 0.15) is 64.5 Å². The number of benzene rings is 2. The van der Waals surface area contributed by atoms with Crippen LogP contribution < -0.4 is 15.4 Å². The molecular formula is C25H33N3O3. The van der Waals surface area contributed by atoms with Crippen molar-refractivity contribution < 1.29 is 14.3 Å². The van der Waals surface area contributed by atoms with E-state index in [1.165, 1.54) is 5.56 Å². The summed E-state index contributed by atoms with van der Waals surface area (Å²) in [7, 11) is 0. The molecule has 31 heavy (non-hydrogen) atoms. The Morgan fingerprint density at radius 2 is 1.71 bits per heavy atom. The van der Waals surface area contributed by atoms with E-state index in [9.17, 15) is 9.59 Å². The lowest BCUT2D eigenvalue weighted by Crippen LogP contribution is -2.43. The molecule has 3 amide bonds. The maximum absolute atomic E-state index is 12.9. The molecule has 166 valence electrons. The highest BCUT2D eigenvalue weighted by atomic mass is 16.5. The van der Waals surface area contributed by atoms with E-state index in [0.29, 0.717) is 30.3 Å². The van der Waals surface area contributed by atoms with Crippen LogP contribution in [-0.4, -0.2) is 29.0 Å². The Kier molecular flexibility index (Phi) is 7.21. The second kappa shape index (κ2) is 9.86. The van der Waals surface area contributed by atoms with E-state index in [2.05, 4.69) is 38.3 Å². The fourth-order valence-corrected chi connectivity index (χ4v) is 3.64. The summed E-state index contributed by atoms with van der Waals surface area (Å²) in [6.07, 6.45) is 1.00. The third-order valence-electron chi connectivity index (χ3n) is 5.82. The van der Waals surface area contributed by atoms with Crippen molar-refractivity contribution in [2.45, 2.75) is 72.1 Å². The molecule has 2 aromatic carbocycles. The number of anilines is 2. The molecule has 6 nitrogen and oxygen atoms in total. The van der Waals surface area contributed by atoms with Gasteiger partial charge >= 0.3 is 6.03 Å². The summed E-state index contributed by atoms with van der Waals surface area (Å²) >= 11 is 0. The first-order valence-corrected chi connectivity index (χ1v) is 11.1. The number of nitrogens with one attached hydrogen (secondary N) is 2. The monoisotopic (exact) mass is 423 g/mol. The zero-order valence-electron chi connectivity index (χ0n) is 19.1. The number of ether oxygens (including phenoxy) is 1. The maximum atomic E-state index is 12.9. The zero-order chi connectivity index (χ0) is 22.5. The fraction of sp³-hybridized carbons (Fsp3) is 0.440. The summed E-state index contributed by atoms with van der Waals surface area (Å²) in [4.78, 5) is 27.3. The van der Waals surface area contributed by atoms with Crippen molar-refractivity contribution in [1.82, 2.24) is 4.90 Å². The highest BCUT2D eigenvalue weighted by molar-refractivity contribution is 5.99. The molecule has 0 saturated heterocycles. The van der Waals surface area contributed by atoms with Gasteiger partial charge in [-0.2, -0.15) is 0 Å². The highest BCUT2D eigenvalue weighted by Gasteiger charge is 2.32. The molecule has 1 aliphatic heterocycles. The van der Waals surface area contributed by atoms with Gasteiger partial charge in [0.2, 0.25) is 0 Å². The molecule has 0 spiro atoms. The van der Waals surface area contributed by atoms with Gasteiger partial charge in [0.05, 0.1) is 0 Å². The Labute approximate surface area is 185 Å². The lowest BCUT2D eigenvalue weighted by Gasteiger charge is -2.28. The number of fused-ring (bicyclic) bond motifs is 1. The predicted molar refractivity (Wildman–Crippen MR) is 125 cm³/mol. The number of hydrogen-bond donors (Lipinski definition) is 2.